The van der Waals surface area contributed by atoms with Crippen molar-refractivity contribution < 1.29 is 24.3 Å². The highest BCUT2D eigenvalue weighted by Crippen LogP contribution is 2.39. The molecule has 2 aromatic rings. The number of nitrogens with zero attached hydrogens (tertiary/aromatic N) is 1. The number of aliphatic hydroxyl groups is 1. The summed E-state index contributed by atoms with van der Waals surface area (Å²) in [5, 5.41) is 11.1. The fraction of sp³-hybridized carbons (Fsp3) is 0.360. The molecule has 3 rings (SSSR count). The van der Waals surface area contributed by atoms with E-state index in [1.807, 2.05) is 37.3 Å². The van der Waals surface area contributed by atoms with Crippen molar-refractivity contribution in [3.05, 3.63) is 71.3 Å². The molecule has 0 radical (unpaired) electrons. The number of amides is 1. The SMILES string of the molecule is CCOc1ccc(C(O)=C2C(=O)C(=O)N(CC[NH+](CC)CC)[C@@H]2c2ccccc2)cc1. The fourth-order valence-electron chi connectivity index (χ4n) is 4.01. The molecule has 6 heteroatoms. The molecule has 6 nitrogen and oxygen atoms in total. The van der Waals surface area contributed by atoms with Gasteiger partial charge in [0.05, 0.1) is 44.4 Å². The van der Waals surface area contributed by atoms with Crippen LogP contribution in [0, 0.1) is 0 Å². The van der Waals surface area contributed by atoms with Gasteiger partial charge in [0.25, 0.3) is 11.7 Å². The summed E-state index contributed by atoms with van der Waals surface area (Å²) in [5.74, 6) is -0.683. The van der Waals surface area contributed by atoms with E-state index in [2.05, 4.69) is 13.8 Å². The molecule has 1 heterocycles. The first-order valence-electron chi connectivity index (χ1n) is 10.9. The molecule has 0 spiro atoms. The van der Waals surface area contributed by atoms with Crippen molar-refractivity contribution >= 4 is 17.4 Å². The Bertz CT molecular complexity index is 934. The first kappa shape index (κ1) is 22.6. The lowest BCUT2D eigenvalue weighted by atomic mass is 9.95. The zero-order valence-electron chi connectivity index (χ0n) is 18.4. The molecule has 0 saturated carbocycles. The Balaban J connectivity index is 2.03. The van der Waals surface area contributed by atoms with Crippen LogP contribution in [0.4, 0.5) is 0 Å². The predicted octanol–water partition coefficient (Wildman–Crippen LogP) is 2.43. The van der Waals surface area contributed by atoms with Gasteiger partial charge in [-0.3, -0.25) is 9.59 Å². The van der Waals surface area contributed by atoms with E-state index in [1.54, 1.807) is 29.2 Å². The zero-order valence-corrected chi connectivity index (χ0v) is 18.4. The largest absolute Gasteiger partial charge is 0.507 e. The van der Waals surface area contributed by atoms with Crippen molar-refractivity contribution in [1.82, 2.24) is 4.90 Å². The van der Waals surface area contributed by atoms with E-state index in [9.17, 15) is 14.7 Å². The van der Waals surface area contributed by atoms with Gasteiger partial charge in [0.15, 0.2) is 0 Å². The molecule has 2 N–H and O–H groups in total. The molecule has 0 aromatic heterocycles. The molecular formula is C25H31N2O4+. The highest BCUT2D eigenvalue weighted by molar-refractivity contribution is 6.46. The lowest BCUT2D eigenvalue weighted by Crippen LogP contribution is -3.12. The van der Waals surface area contributed by atoms with Crippen LogP contribution in [0.25, 0.3) is 5.76 Å². The van der Waals surface area contributed by atoms with E-state index in [-0.39, 0.29) is 11.3 Å². The summed E-state index contributed by atoms with van der Waals surface area (Å²) in [6, 6.07) is 15.7. The van der Waals surface area contributed by atoms with Crippen molar-refractivity contribution in [2.45, 2.75) is 26.8 Å². The summed E-state index contributed by atoms with van der Waals surface area (Å²) in [7, 11) is 0. The second-order valence-corrected chi connectivity index (χ2v) is 7.57. The van der Waals surface area contributed by atoms with Crippen molar-refractivity contribution in [3.8, 4) is 5.75 Å². The van der Waals surface area contributed by atoms with Gasteiger partial charge in [0, 0.05) is 5.56 Å². The average molecular weight is 424 g/mol. The normalized spacial score (nSPS) is 18.1. The number of rotatable bonds is 9. The third-order valence-electron chi connectivity index (χ3n) is 5.80. The molecule has 1 aliphatic rings. The number of ether oxygens (including phenoxy) is 1. The Morgan fingerprint density at radius 2 is 1.65 bits per heavy atom. The molecular weight excluding hydrogens is 392 g/mol. The lowest BCUT2D eigenvalue weighted by Gasteiger charge is -2.26. The Morgan fingerprint density at radius 1 is 1.00 bits per heavy atom. The number of carbonyl (C=O) groups is 2. The maximum Gasteiger partial charge on any atom is 0.295 e. The molecule has 1 aliphatic heterocycles. The average Bonchev–Trinajstić information content (AvgIpc) is 3.05. The van der Waals surface area contributed by atoms with Crippen LogP contribution in [-0.2, 0) is 9.59 Å². The summed E-state index contributed by atoms with van der Waals surface area (Å²) < 4.78 is 5.46. The third kappa shape index (κ3) is 4.80. The second kappa shape index (κ2) is 10.3. The Hall–Kier alpha value is -3.12. The van der Waals surface area contributed by atoms with E-state index in [0.29, 0.717) is 24.5 Å². The van der Waals surface area contributed by atoms with E-state index in [4.69, 9.17) is 4.74 Å². The predicted molar refractivity (Wildman–Crippen MR) is 120 cm³/mol. The highest BCUT2D eigenvalue weighted by Gasteiger charge is 2.46. The smallest absolute Gasteiger partial charge is 0.295 e. The highest BCUT2D eigenvalue weighted by atomic mass is 16.5. The number of benzene rings is 2. The number of quaternary nitrogens is 1. The van der Waals surface area contributed by atoms with Gasteiger partial charge in [-0.05, 0) is 50.6 Å². The first-order valence-corrected chi connectivity index (χ1v) is 10.9. The minimum atomic E-state index is -0.644. The summed E-state index contributed by atoms with van der Waals surface area (Å²) in [6.45, 7) is 9.73. The topological polar surface area (TPSA) is 71.3 Å². The van der Waals surface area contributed by atoms with E-state index < -0.39 is 17.7 Å². The molecule has 1 amide bonds. The molecule has 2 aromatic carbocycles. The molecule has 164 valence electrons. The van der Waals surface area contributed by atoms with E-state index in [1.165, 1.54) is 4.90 Å². The molecule has 1 atom stereocenters. The van der Waals surface area contributed by atoms with Gasteiger partial charge < -0.3 is 19.6 Å². The minimum absolute atomic E-state index is 0.134. The molecule has 31 heavy (non-hydrogen) atoms. The van der Waals surface area contributed by atoms with Crippen LogP contribution in [-0.4, -0.2) is 54.5 Å². The number of carbonyl (C=O) groups excluding carboxylic acids is 2. The summed E-state index contributed by atoms with van der Waals surface area (Å²) >= 11 is 0. The Morgan fingerprint density at radius 3 is 2.23 bits per heavy atom. The summed E-state index contributed by atoms with van der Waals surface area (Å²) in [5.41, 5.74) is 1.43. The van der Waals surface area contributed by atoms with Gasteiger partial charge in [-0.15, -0.1) is 0 Å². The maximum absolute atomic E-state index is 13.0. The summed E-state index contributed by atoms with van der Waals surface area (Å²) in [6.07, 6.45) is 0. The van der Waals surface area contributed by atoms with Crippen LogP contribution in [0.1, 0.15) is 37.9 Å². The monoisotopic (exact) mass is 423 g/mol. The zero-order chi connectivity index (χ0) is 22.4. The van der Waals surface area contributed by atoms with Gasteiger partial charge in [0.1, 0.15) is 11.5 Å². The number of hydrogen-bond donors (Lipinski definition) is 2. The van der Waals surface area contributed by atoms with Gasteiger partial charge >= 0.3 is 0 Å². The van der Waals surface area contributed by atoms with Crippen molar-refractivity contribution in [3.63, 3.8) is 0 Å². The third-order valence-corrected chi connectivity index (χ3v) is 5.80. The van der Waals surface area contributed by atoms with Gasteiger partial charge in [-0.1, -0.05) is 30.3 Å². The lowest BCUT2D eigenvalue weighted by molar-refractivity contribution is -0.895. The molecule has 1 fully saturated rings. The van der Waals surface area contributed by atoms with Crippen LogP contribution >= 0.6 is 0 Å². The van der Waals surface area contributed by atoms with Gasteiger partial charge in [-0.2, -0.15) is 0 Å². The number of Topliss-reactive ketones (excluding diaryl/α,β-unsaturated/α-hetero) is 1. The van der Waals surface area contributed by atoms with Crippen LogP contribution < -0.4 is 9.64 Å². The van der Waals surface area contributed by atoms with Crippen molar-refractivity contribution in [2.75, 3.05) is 32.8 Å². The van der Waals surface area contributed by atoms with Gasteiger partial charge in [-0.25, -0.2) is 0 Å². The molecule has 0 bridgehead atoms. The Kier molecular flexibility index (Phi) is 7.47. The van der Waals surface area contributed by atoms with Crippen LogP contribution in [0.3, 0.4) is 0 Å². The van der Waals surface area contributed by atoms with E-state index >= 15 is 0 Å². The first-order chi connectivity index (χ1) is 15.0. The second-order valence-electron chi connectivity index (χ2n) is 7.57. The molecule has 1 saturated heterocycles. The van der Waals surface area contributed by atoms with Crippen LogP contribution in [0.15, 0.2) is 60.2 Å². The molecule has 0 unspecified atom stereocenters. The molecule has 0 aliphatic carbocycles. The maximum atomic E-state index is 13.0. The number of aliphatic hydroxyl groups excluding tert-OH is 1. The van der Waals surface area contributed by atoms with E-state index in [0.717, 1.165) is 25.2 Å². The number of likely N-dealkylation sites (N-methyl/N-ethyl adjacent to an activating group) is 1. The van der Waals surface area contributed by atoms with Crippen LogP contribution in [0.5, 0.6) is 5.75 Å². The van der Waals surface area contributed by atoms with Crippen molar-refractivity contribution in [1.29, 1.82) is 0 Å². The fourth-order valence-corrected chi connectivity index (χ4v) is 4.01. The van der Waals surface area contributed by atoms with Crippen molar-refractivity contribution in [2.24, 2.45) is 0 Å². The number of hydrogen-bond acceptors (Lipinski definition) is 4. The summed E-state index contributed by atoms with van der Waals surface area (Å²) in [4.78, 5) is 28.9. The van der Waals surface area contributed by atoms with Gasteiger partial charge in [0.2, 0.25) is 0 Å². The number of ketones is 1. The number of nitrogens with one attached hydrogen (secondary N) is 1. The minimum Gasteiger partial charge on any atom is -0.507 e. The number of likely N-dealkylation sites (tertiary alicyclic amines) is 1. The van der Waals surface area contributed by atoms with Crippen LogP contribution in [0.2, 0.25) is 0 Å². The standard InChI is InChI=1S/C25H30N2O4/c1-4-26(5-2)16-17-27-22(18-10-8-7-9-11-18)21(24(29)25(27)30)23(28)19-12-14-20(15-13-19)31-6-3/h7-15,22,28H,4-6,16-17H2,1-3H3/p+1/t22-/m1/s1. The Labute approximate surface area is 183 Å². The quantitative estimate of drug-likeness (QED) is 0.369.